The number of methoxy groups -OCH3 is 1. The number of carbonyl (C=O) groups excluding carboxylic acids is 1. The Labute approximate surface area is 59.5 Å². The minimum atomic E-state index is -0.274. The number of rotatable bonds is 1. The lowest BCUT2D eigenvalue weighted by atomic mass is 10.4. The highest BCUT2D eigenvalue weighted by Gasteiger charge is 2.15. The van der Waals surface area contributed by atoms with Gasteiger partial charge in [-0.25, -0.2) is 4.79 Å². The normalized spacial score (nSPS) is 24.8. The van der Waals surface area contributed by atoms with Crippen LogP contribution in [0.5, 0.6) is 0 Å². The number of hydrogen-bond donors (Lipinski definition) is 1. The van der Waals surface area contributed by atoms with E-state index in [1.54, 1.807) is 26.4 Å². The Morgan fingerprint density at radius 2 is 2.50 bits per heavy atom. The zero-order valence-electron chi connectivity index (χ0n) is 6.00. The third kappa shape index (κ3) is 1.27. The maximum Gasteiger partial charge on any atom is 0.323 e. The van der Waals surface area contributed by atoms with E-state index in [9.17, 15) is 4.79 Å². The van der Waals surface area contributed by atoms with E-state index in [-0.39, 0.29) is 12.3 Å². The van der Waals surface area contributed by atoms with Crippen molar-refractivity contribution in [3.8, 4) is 0 Å². The first-order valence-electron chi connectivity index (χ1n) is 2.98. The van der Waals surface area contributed by atoms with Crippen molar-refractivity contribution in [3.63, 3.8) is 0 Å². The van der Waals surface area contributed by atoms with Crippen LogP contribution in [0.4, 0.5) is 4.79 Å². The largest absolute Gasteiger partial charge is 0.358 e. The summed E-state index contributed by atoms with van der Waals surface area (Å²) in [6, 6.07) is -0.144. The van der Waals surface area contributed by atoms with Gasteiger partial charge in [-0.1, -0.05) is 0 Å². The van der Waals surface area contributed by atoms with Gasteiger partial charge in [0.05, 0.1) is 0 Å². The van der Waals surface area contributed by atoms with Crippen molar-refractivity contribution in [2.24, 2.45) is 0 Å². The summed E-state index contributed by atoms with van der Waals surface area (Å²) < 4.78 is 4.86. The molecule has 0 spiro atoms. The third-order valence-corrected chi connectivity index (χ3v) is 1.32. The summed E-state index contributed by atoms with van der Waals surface area (Å²) in [5.41, 5.74) is 0. The van der Waals surface area contributed by atoms with E-state index >= 15 is 0 Å². The summed E-state index contributed by atoms with van der Waals surface area (Å²) >= 11 is 0. The molecule has 2 amide bonds. The molecule has 1 aliphatic heterocycles. The summed E-state index contributed by atoms with van der Waals surface area (Å²) in [6.45, 7) is 0. The smallest absolute Gasteiger partial charge is 0.323 e. The molecule has 4 nitrogen and oxygen atoms in total. The maximum atomic E-state index is 10.8. The second-order valence-corrected chi connectivity index (χ2v) is 2.06. The second kappa shape index (κ2) is 2.70. The molecule has 0 radical (unpaired) electrons. The molecule has 10 heavy (non-hydrogen) atoms. The van der Waals surface area contributed by atoms with Crippen LogP contribution in [0.1, 0.15) is 0 Å². The van der Waals surface area contributed by atoms with Crippen molar-refractivity contribution >= 4 is 6.03 Å². The Morgan fingerprint density at radius 1 is 1.80 bits per heavy atom. The monoisotopic (exact) mass is 142 g/mol. The van der Waals surface area contributed by atoms with Crippen LogP contribution in [0.25, 0.3) is 0 Å². The van der Waals surface area contributed by atoms with Crippen LogP contribution in [0, 0.1) is 0 Å². The molecular formula is C6H10N2O2. The van der Waals surface area contributed by atoms with Gasteiger partial charge >= 0.3 is 6.03 Å². The summed E-state index contributed by atoms with van der Waals surface area (Å²) in [7, 11) is 3.22. The molecule has 0 aromatic carbocycles. The number of nitrogens with one attached hydrogen (secondary N) is 1. The lowest BCUT2D eigenvalue weighted by Crippen LogP contribution is -2.44. The zero-order chi connectivity index (χ0) is 7.56. The van der Waals surface area contributed by atoms with Crippen molar-refractivity contribution in [3.05, 3.63) is 12.3 Å². The molecule has 1 unspecified atom stereocenters. The van der Waals surface area contributed by atoms with Gasteiger partial charge in [0, 0.05) is 20.4 Å². The summed E-state index contributed by atoms with van der Waals surface area (Å²) in [5, 5.41) is 2.59. The van der Waals surface area contributed by atoms with E-state index in [1.807, 2.05) is 0 Å². The van der Waals surface area contributed by atoms with Crippen molar-refractivity contribution < 1.29 is 9.53 Å². The Balaban J connectivity index is 2.59. The molecule has 0 aromatic heterocycles. The Bertz CT molecular complexity index is 167. The summed E-state index contributed by atoms with van der Waals surface area (Å²) in [4.78, 5) is 12.3. The fraction of sp³-hybridized carbons (Fsp3) is 0.500. The predicted molar refractivity (Wildman–Crippen MR) is 36.2 cm³/mol. The molecule has 1 rings (SSSR count). The van der Waals surface area contributed by atoms with Gasteiger partial charge in [-0.2, -0.15) is 0 Å². The first-order chi connectivity index (χ1) is 4.74. The first-order valence-corrected chi connectivity index (χ1v) is 2.98. The lowest BCUT2D eigenvalue weighted by molar-refractivity contribution is 0.106. The minimum Gasteiger partial charge on any atom is -0.358 e. The van der Waals surface area contributed by atoms with Gasteiger partial charge in [0.15, 0.2) is 6.23 Å². The molecule has 0 aliphatic carbocycles. The van der Waals surface area contributed by atoms with Gasteiger partial charge in [-0.05, 0) is 6.08 Å². The predicted octanol–water partition coefficient (Wildman–Crippen LogP) is 0.128. The number of urea groups is 1. The van der Waals surface area contributed by atoms with Crippen LogP contribution in [0.15, 0.2) is 12.3 Å². The van der Waals surface area contributed by atoms with Crippen molar-refractivity contribution in [2.75, 3.05) is 14.2 Å². The van der Waals surface area contributed by atoms with E-state index in [4.69, 9.17) is 4.74 Å². The molecule has 0 aromatic rings. The number of ether oxygens (including phenoxy) is 1. The van der Waals surface area contributed by atoms with Crippen LogP contribution in [-0.4, -0.2) is 31.3 Å². The molecule has 0 bridgehead atoms. The van der Waals surface area contributed by atoms with Crippen LogP contribution in [0.3, 0.4) is 0 Å². The Morgan fingerprint density at radius 3 is 3.00 bits per heavy atom. The summed E-state index contributed by atoms with van der Waals surface area (Å²) in [6.07, 6.45) is 3.16. The molecule has 4 heteroatoms. The quantitative estimate of drug-likeness (QED) is 0.565. The van der Waals surface area contributed by atoms with Crippen molar-refractivity contribution in [1.82, 2.24) is 10.2 Å². The lowest BCUT2D eigenvalue weighted by Gasteiger charge is -2.22. The fourth-order valence-corrected chi connectivity index (χ4v) is 0.684. The van der Waals surface area contributed by atoms with Crippen LogP contribution in [0.2, 0.25) is 0 Å². The average Bonchev–Trinajstić information content (AvgIpc) is 1.95. The standard InChI is InChI=1S/C6H10N2O2/c1-8-4-3-5(10-2)7-6(8)9/h3-5H,1-2H3,(H,7,9). The highest BCUT2D eigenvalue weighted by Crippen LogP contribution is 1.98. The van der Waals surface area contributed by atoms with E-state index in [0.29, 0.717) is 0 Å². The van der Waals surface area contributed by atoms with Crippen LogP contribution >= 0.6 is 0 Å². The number of hydrogen-bond acceptors (Lipinski definition) is 2. The molecule has 0 fully saturated rings. The highest BCUT2D eigenvalue weighted by molar-refractivity contribution is 5.76. The zero-order valence-corrected chi connectivity index (χ0v) is 6.00. The van der Waals surface area contributed by atoms with Crippen LogP contribution in [-0.2, 0) is 4.74 Å². The molecule has 0 saturated carbocycles. The van der Waals surface area contributed by atoms with Gasteiger partial charge in [0.25, 0.3) is 0 Å². The molecule has 0 saturated heterocycles. The van der Waals surface area contributed by atoms with Gasteiger partial charge in [-0.3, -0.25) is 0 Å². The fourth-order valence-electron chi connectivity index (χ4n) is 0.684. The number of nitrogens with zero attached hydrogens (tertiary/aromatic N) is 1. The van der Waals surface area contributed by atoms with Gasteiger partial charge in [0.1, 0.15) is 0 Å². The van der Waals surface area contributed by atoms with Crippen molar-refractivity contribution in [1.29, 1.82) is 0 Å². The number of carbonyl (C=O) groups is 1. The Hall–Kier alpha value is -1.03. The highest BCUT2D eigenvalue weighted by atomic mass is 16.5. The third-order valence-electron chi connectivity index (χ3n) is 1.32. The molecule has 1 atom stereocenters. The molecular weight excluding hydrogens is 132 g/mol. The SMILES string of the molecule is COC1C=CN(C)C(=O)N1. The molecule has 1 N–H and O–H groups in total. The second-order valence-electron chi connectivity index (χ2n) is 2.06. The minimum absolute atomic E-state index is 0.144. The molecule has 1 aliphatic rings. The average molecular weight is 142 g/mol. The van der Waals surface area contributed by atoms with E-state index < -0.39 is 0 Å². The van der Waals surface area contributed by atoms with Gasteiger partial charge in [-0.15, -0.1) is 0 Å². The molecule has 56 valence electrons. The number of amides is 2. The van der Waals surface area contributed by atoms with Crippen LogP contribution < -0.4 is 5.32 Å². The molecule has 1 heterocycles. The van der Waals surface area contributed by atoms with Gasteiger partial charge in [0.2, 0.25) is 0 Å². The first kappa shape index (κ1) is 7.08. The topological polar surface area (TPSA) is 41.6 Å². The van der Waals surface area contributed by atoms with Crippen molar-refractivity contribution in [2.45, 2.75) is 6.23 Å². The van der Waals surface area contributed by atoms with Gasteiger partial charge < -0.3 is 15.0 Å². The summed E-state index contributed by atoms with van der Waals surface area (Å²) in [5.74, 6) is 0. The van der Waals surface area contributed by atoms with E-state index in [2.05, 4.69) is 5.32 Å². The van der Waals surface area contributed by atoms with E-state index in [0.717, 1.165) is 0 Å². The Kier molecular flexibility index (Phi) is 1.91. The maximum absolute atomic E-state index is 10.8. The van der Waals surface area contributed by atoms with E-state index in [1.165, 1.54) is 4.90 Å².